The molecule has 1 aliphatic heterocycles. The van der Waals surface area contributed by atoms with Crippen molar-refractivity contribution in [2.45, 2.75) is 110 Å². The standard InChI is InChI=1S/C26H40O8/c1-10-24(7)13-17(31-14(2)27)20-25(8)18(32-15(3)28)11-12-23(5,6)21(25)19(33-16(4)29)22(30)26(20,9)34-24/h10,17-22,30H,1,11-13H2,2-9H3. The summed E-state index contributed by atoms with van der Waals surface area (Å²) in [5.41, 5.74) is -3.42. The molecule has 0 aromatic rings. The monoisotopic (exact) mass is 480 g/mol. The Balaban J connectivity index is 2.31. The van der Waals surface area contributed by atoms with Crippen molar-refractivity contribution in [2.75, 3.05) is 0 Å². The smallest absolute Gasteiger partial charge is 0.303 e. The number of fused-ring (bicyclic) bond motifs is 3. The molecule has 192 valence electrons. The van der Waals surface area contributed by atoms with Gasteiger partial charge in [0.05, 0.1) is 5.60 Å². The molecule has 0 spiro atoms. The van der Waals surface area contributed by atoms with E-state index in [2.05, 4.69) is 20.4 Å². The first-order valence-electron chi connectivity index (χ1n) is 12.1. The predicted molar refractivity (Wildman–Crippen MR) is 123 cm³/mol. The van der Waals surface area contributed by atoms with E-state index in [4.69, 9.17) is 18.9 Å². The lowest BCUT2D eigenvalue weighted by atomic mass is 9.41. The molecular weight excluding hydrogens is 440 g/mol. The molecule has 8 nitrogen and oxygen atoms in total. The summed E-state index contributed by atoms with van der Waals surface area (Å²) in [6.07, 6.45) is -0.0737. The average Bonchev–Trinajstić information content (AvgIpc) is 2.66. The van der Waals surface area contributed by atoms with Crippen molar-refractivity contribution in [3.63, 3.8) is 0 Å². The predicted octanol–water partition coefficient (Wildman–Crippen LogP) is 3.34. The third-order valence-electron chi connectivity index (χ3n) is 8.56. The number of aliphatic hydroxyl groups excluding tert-OH is 1. The molecule has 0 amide bonds. The van der Waals surface area contributed by atoms with Crippen LogP contribution >= 0.6 is 0 Å². The fraction of sp³-hybridized carbons (Fsp3) is 0.808. The number of rotatable bonds is 4. The van der Waals surface area contributed by atoms with Crippen molar-refractivity contribution in [3.05, 3.63) is 12.7 Å². The number of hydrogen-bond acceptors (Lipinski definition) is 8. The Bertz CT molecular complexity index is 867. The van der Waals surface area contributed by atoms with Gasteiger partial charge in [-0.3, -0.25) is 14.4 Å². The Labute approximate surface area is 202 Å². The van der Waals surface area contributed by atoms with Crippen LogP contribution in [0.2, 0.25) is 0 Å². The molecule has 9 atom stereocenters. The Kier molecular flexibility index (Phi) is 6.77. The second-order valence-corrected chi connectivity index (χ2v) is 11.6. The zero-order valence-electron chi connectivity index (χ0n) is 21.7. The molecule has 0 bridgehead atoms. The van der Waals surface area contributed by atoms with Gasteiger partial charge < -0.3 is 24.1 Å². The number of carbonyl (C=O) groups is 3. The van der Waals surface area contributed by atoms with E-state index in [1.165, 1.54) is 20.8 Å². The summed E-state index contributed by atoms with van der Waals surface area (Å²) < 4.78 is 24.2. The molecule has 8 heteroatoms. The number of aliphatic hydroxyl groups is 1. The Morgan fingerprint density at radius 3 is 2.00 bits per heavy atom. The van der Waals surface area contributed by atoms with Gasteiger partial charge in [-0.1, -0.05) is 26.8 Å². The highest BCUT2D eigenvalue weighted by molar-refractivity contribution is 5.67. The minimum Gasteiger partial charge on any atom is -0.462 e. The molecule has 0 radical (unpaired) electrons. The van der Waals surface area contributed by atoms with Crippen molar-refractivity contribution in [1.29, 1.82) is 0 Å². The van der Waals surface area contributed by atoms with Gasteiger partial charge in [0.15, 0.2) is 0 Å². The zero-order valence-corrected chi connectivity index (χ0v) is 21.7. The topological polar surface area (TPSA) is 108 Å². The summed E-state index contributed by atoms with van der Waals surface area (Å²) in [6.45, 7) is 17.7. The number of hydrogen-bond donors (Lipinski definition) is 1. The maximum absolute atomic E-state index is 12.2. The second-order valence-electron chi connectivity index (χ2n) is 11.6. The van der Waals surface area contributed by atoms with Gasteiger partial charge in [-0.15, -0.1) is 6.58 Å². The van der Waals surface area contributed by atoms with Crippen LogP contribution in [0.3, 0.4) is 0 Å². The lowest BCUT2D eigenvalue weighted by Gasteiger charge is -2.70. The van der Waals surface area contributed by atoms with Crippen molar-refractivity contribution < 1.29 is 38.4 Å². The molecular formula is C26H40O8. The molecule has 2 saturated carbocycles. The van der Waals surface area contributed by atoms with Crippen molar-refractivity contribution in [2.24, 2.45) is 22.7 Å². The van der Waals surface area contributed by atoms with Crippen LogP contribution in [0.25, 0.3) is 0 Å². The quantitative estimate of drug-likeness (QED) is 0.371. The van der Waals surface area contributed by atoms with Gasteiger partial charge in [-0.05, 0) is 32.1 Å². The highest BCUT2D eigenvalue weighted by atomic mass is 16.6. The van der Waals surface area contributed by atoms with Gasteiger partial charge in [0.2, 0.25) is 0 Å². The van der Waals surface area contributed by atoms with Crippen LogP contribution in [0.5, 0.6) is 0 Å². The van der Waals surface area contributed by atoms with E-state index < -0.39 is 70.8 Å². The molecule has 1 N–H and O–H groups in total. The largest absolute Gasteiger partial charge is 0.462 e. The van der Waals surface area contributed by atoms with E-state index in [0.29, 0.717) is 19.3 Å². The number of esters is 3. The van der Waals surface area contributed by atoms with E-state index in [-0.39, 0.29) is 5.41 Å². The highest BCUT2D eigenvalue weighted by Crippen LogP contribution is 2.67. The molecule has 3 rings (SSSR count). The fourth-order valence-corrected chi connectivity index (χ4v) is 7.63. The summed E-state index contributed by atoms with van der Waals surface area (Å²) in [4.78, 5) is 36.6. The highest BCUT2D eigenvalue weighted by Gasteiger charge is 2.74. The minimum absolute atomic E-state index is 0.330. The summed E-state index contributed by atoms with van der Waals surface area (Å²) >= 11 is 0. The summed E-state index contributed by atoms with van der Waals surface area (Å²) in [6, 6.07) is 0. The van der Waals surface area contributed by atoms with E-state index in [0.717, 1.165) is 0 Å². The minimum atomic E-state index is -1.29. The molecule has 1 heterocycles. The zero-order chi connectivity index (χ0) is 25.9. The molecule has 3 fully saturated rings. The van der Waals surface area contributed by atoms with Crippen LogP contribution in [0.15, 0.2) is 12.7 Å². The van der Waals surface area contributed by atoms with Crippen LogP contribution in [-0.4, -0.2) is 58.6 Å². The van der Waals surface area contributed by atoms with Gasteiger partial charge in [-0.25, -0.2) is 0 Å². The molecule has 2 aliphatic carbocycles. The fourth-order valence-electron chi connectivity index (χ4n) is 7.63. The lowest BCUT2D eigenvalue weighted by molar-refractivity contribution is -0.354. The van der Waals surface area contributed by atoms with Crippen molar-refractivity contribution >= 4 is 17.9 Å². The lowest BCUT2D eigenvalue weighted by Crippen LogP contribution is -2.78. The maximum atomic E-state index is 12.2. The Morgan fingerprint density at radius 2 is 1.50 bits per heavy atom. The van der Waals surface area contributed by atoms with Gasteiger partial charge in [0.1, 0.15) is 30.0 Å². The SMILES string of the molecule is C=CC1(C)CC(OC(C)=O)C2C(C)(O1)C(O)C(OC(C)=O)C1C(C)(C)CCC(OC(C)=O)C12C. The first-order chi connectivity index (χ1) is 15.5. The van der Waals surface area contributed by atoms with E-state index in [9.17, 15) is 19.5 Å². The van der Waals surface area contributed by atoms with Crippen molar-refractivity contribution in [3.8, 4) is 0 Å². The average molecular weight is 481 g/mol. The third-order valence-corrected chi connectivity index (χ3v) is 8.56. The van der Waals surface area contributed by atoms with Crippen molar-refractivity contribution in [1.82, 2.24) is 0 Å². The second kappa shape index (κ2) is 8.63. The molecule has 0 aromatic carbocycles. The van der Waals surface area contributed by atoms with E-state index in [1.807, 2.05) is 13.8 Å². The third kappa shape index (κ3) is 4.17. The Hall–Kier alpha value is -1.93. The summed E-state index contributed by atoms with van der Waals surface area (Å²) in [7, 11) is 0. The van der Waals surface area contributed by atoms with Gasteiger partial charge >= 0.3 is 17.9 Å². The summed E-state index contributed by atoms with van der Waals surface area (Å²) in [5.74, 6) is -2.33. The van der Waals surface area contributed by atoms with Gasteiger partial charge in [0, 0.05) is 44.4 Å². The van der Waals surface area contributed by atoms with Gasteiger partial charge in [-0.2, -0.15) is 0 Å². The summed E-state index contributed by atoms with van der Waals surface area (Å²) in [5, 5.41) is 11.8. The molecule has 34 heavy (non-hydrogen) atoms. The normalized spacial score (nSPS) is 45.2. The Morgan fingerprint density at radius 1 is 0.941 bits per heavy atom. The van der Waals surface area contributed by atoms with E-state index in [1.54, 1.807) is 13.0 Å². The first-order valence-corrected chi connectivity index (χ1v) is 12.1. The van der Waals surface area contributed by atoms with Crippen LogP contribution < -0.4 is 0 Å². The van der Waals surface area contributed by atoms with Gasteiger partial charge in [0.25, 0.3) is 0 Å². The van der Waals surface area contributed by atoms with Crippen LogP contribution in [-0.2, 0) is 33.3 Å². The molecule has 0 aromatic heterocycles. The molecule has 9 unspecified atom stereocenters. The number of ether oxygens (including phenoxy) is 4. The number of carbonyl (C=O) groups excluding carboxylic acids is 3. The van der Waals surface area contributed by atoms with Crippen LogP contribution in [0.1, 0.15) is 74.7 Å². The first kappa shape index (κ1) is 26.7. The van der Waals surface area contributed by atoms with E-state index >= 15 is 0 Å². The van der Waals surface area contributed by atoms with Crippen LogP contribution in [0, 0.1) is 22.7 Å². The van der Waals surface area contributed by atoms with Crippen LogP contribution in [0.4, 0.5) is 0 Å². The molecule has 3 aliphatic rings. The maximum Gasteiger partial charge on any atom is 0.303 e. The molecule has 1 saturated heterocycles.